The molecule has 2 aromatic carbocycles. The molecule has 7 heterocycles. The van der Waals surface area contributed by atoms with Gasteiger partial charge in [-0.3, -0.25) is 9.69 Å². The van der Waals surface area contributed by atoms with Crippen molar-refractivity contribution >= 4 is 27.2 Å². The van der Waals surface area contributed by atoms with Crippen molar-refractivity contribution in [3.63, 3.8) is 0 Å². The molecule has 9 rings (SSSR count). The smallest absolute Gasteiger partial charge is 0.317 e. The van der Waals surface area contributed by atoms with Crippen molar-refractivity contribution in [3.8, 4) is 29.8 Å². The largest absolute Gasteiger partial charge is 0.508 e. The molecule has 3 N–H and O–H groups in total. The lowest BCUT2D eigenvalue weighted by Gasteiger charge is -2.31. The molecule has 0 aliphatic carbocycles. The third kappa shape index (κ3) is 4.36. The van der Waals surface area contributed by atoms with E-state index in [0.29, 0.717) is 52.6 Å². The van der Waals surface area contributed by atoms with Crippen LogP contribution in [-0.2, 0) is 0 Å². The maximum atomic E-state index is 14.5. The van der Waals surface area contributed by atoms with Crippen LogP contribution in [0.25, 0.3) is 32.9 Å². The van der Waals surface area contributed by atoms with Crippen molar-refractivity contribution in [1.29, 1.82) is 0 Å². The molecule has 5 aliphatic heterocycles. The molecule has 224 valence electrons. The zero-order chi connectivity index (χ0) is 30.0. The third-order valence-electron chi connectivity index (χ3n) is 9.67. The number of ether oxygens (including phenoxy) is 1. The maximum Gasteiger partial charge on any atom is 0.317 e. The molecule has 0 saturated carbocycles. The Morgan fingerprint density at radius 3 is 3.05 bits per heavy atom. The first kappa shape index (κ1) is 27.2. The number of benzene rings is 2. The molecular weight excluding hydrogens is 561 g/mol. The molecule has 10 nitrogen and oxygen atoms in total. The SMILES string of the molecule is C#Cc1cccc2cc(O)cc(-n3ncc4c(C5=C6CNCC(C5)NC6)nc(OC[C@@]56CCCN5C[C@H](F)C6)nc4c3=O)c12. The van der Waals surface area contributed by atoms with Gasteiger partial charge in [-0.1, -0.05) is 18.1 Å². The highest BCUT2D eigenvalue weighted by molar-refractivity contribution is 5.97. The molecule has 2 bridgehead atoms. The summed E-state index contributed by atoms with van der Waals surface area (Å²) in [7, 11) is 0. The summed E-state index contributed by atoms with van der Waals surface area (Å²) in [5.74, 6) is 2.66. The molecular formula is C33H32FN7O3. The number of halogens is 1. The Kier molecular flexibility index (Phi) is 6.41. The second-order valence-corrected chi connectivity index (χ2v) is 12.4. The summed E-state index contributed by atoms with van der Waals surface area (Å²) < 4.78 is 22.0. The highest BCUT2D eigenvalue weighted by Gasteiger charge is 2.49. The van der Waals surface area contributed by atoms with Crippen LogP contribution in [0.3, 0.4) is 0 Å². The van der Waals surface area contributed by atoms with Gasteiger partial charge in [-0.05, 0) is 54.5 Å². The number of rotatable bonds is 5. The van der Waals surface area contributed by atoms with E-state index >= 15 is 0 Å². The molecule has 0 radical (unpaired) electrons. The van der Waals surface area contributed by atoms with Crippen molar-refractivity contribution in [2.24, 2.45) is 0 Å². The van der Waals surface area contributed by atoms with Crippen LogP contribution in [0.2, 0.25) is 0 Å². The van der Waals surface area contributed by atoms with Crippen molar-refractivity contribution in [2.75, 3.05) is 39.3 Å². The van der Waals surface area contributed by atoms with Gasteiger partial charge in [0.2, 0.25) is 0 Å². The highest BCUT2D eigenvalue weighted by atomic mass is 19.1. The summed E-state index contributed by atoms with van der Waals surface area (Å²) in [6, 6.07) is 8.82. The zero-order valence-electron chi connectivity index (χ0n) is 24.1. The van der Waals surface area contributed by atoms with E-state index in [0.717, 1.165) is 44.5 Å². The van der Waals surface area contributed by atoms with Crippen LogP contribution in [0.4, 0.5) is 4.39 Å². The van der Waals surface area contributed by atoms with Gasteiger partial charge in [0.1, 0.15) is 24.0 Å². The van der Waals surface area contributed by atoms with Gasteiger partial charge < -0.3 is 20.5 Å². The predicted octanol–water partition coefficient (Wildman–Crippen LogP) is 2.69. The van der Waals surface area contributed by atoms with Crippen LogP contribution in [-0.4, -0.2) is 86.8 Å². The van der Waals surface area contributed by atoms with E-state index in [9.17, 15) is 14.3 Å². The number of phenols is 1. The number of terminal acetylenes is 1. The number of alkyl halides is 1. The Balaban J connectivity index is 1.31. The van der Waals surface area contributed by atoms with Crippen LogP contribution in [0.1, 0.15) is 36.9 Å². The second-order valence-electron chi connectivity index (χ2n) is 12.4. The lowest BCUT2D eigenvalue weighted by Crippen LogP contribution is -2.43. The van der Waals surface area contributed by atoms with Gasteiger partial charge in [-0.2, -0.15) is 19.7 Å². The number of phenolic OH excluding ortho intramolecular Hbond substituents is 1. The fraction of sp³-hybridized carbons (Fsp3) is 0.394. The van der Waals surface area contributed by atoms with Gasteiger partial charge in [0.25, 0.3) is 5.56 Å². The van der Waals surface area contributed by atoms with E-state index in [1.165, 1.54) is 16.3 Å². The fourth-order valence-electron chi connectivity index (χ4n) is 7.61. The van der Waals surface area contributed by atoms with E-state index < -0.39 is 11.7 Å². The molecule has 3 atom stereocenters. The topological polar surface area (TPSA) is 117 Å². The molecule has 0 spiro atoms. The zero-order valence-corrected chi connectivity index (χ0v) is 24.1. The number of nitrogens with one attached hydrogen (secondary N) is 2. The molecule has 4 aromatic rings. The van der Waals surface area contributed by atoms with Crippen molar-refractivity contribution in [3.05, 3.63) is 63.7 Å². The first-order valence-electron chi connectivity index (χ1n) is 15.1. The Morgan fingerprint density at radius 2 is 2.16 bits per heavy atom. The Hall–Kier alpha value is -4.37. The Morgan fingerprint density at radius 1 is 1.25 bits per heavy atom. The highest BCUT2D eigenvalue weighted by Crippen LogP contribution is 2.40. The predicted molar refractivity (Wildman–Crippen MR) is 165 cm³/mol. The van der Waals surface area contributed by atoms with Gasteiger partial charge >= 0.3 is 6.01 Å². The minimum absolute atomic E-state index is 0.0209. The van der Waals surface area contributed by atoms with Crippen molar-refractivity contribution in [2.45, 2.75) is 43.4 Å². The molecule has 44 heavy (non-hydrogen) atoms. The minimum atomic E-state index is -0.885. The van der Waals surface area contributed by atoms with Crippen molar-refractivity contribution < 1.29 is 14.2 Å². The second kappa shape index (κ2) is 10.4. The number of fused-ring (bicyclic) bond motifs is 7. The van der Waals surface area contributed by atoms with Gasteiger partial charge in [-0.25, -0.2) is 4.39 Å². The monoisotopic (exact) mass is 593 g/mol. The molecule has 11 heteroatoms. The number of aromatic nitrogens is 4. The number of aromatic hydroxyl groups is 1. The molecule has 5 aliphatic rings. The van der Waals surface area contributed by atoms with E-state index in [2.05, 4.69) is 31.5 Å². The van der Waals surface area contributed by atoms with Crippen LogP contribution < -0.4 is 20.9 Å². The van der Waals surface area contributed by atoms with Gasteiger partial charge in [0.05, 0.1) is 28.5 Å². The van der Waals surface area contributed by atoms with Crippen LogP contribution in [0, 0.1) is 12.3 Å². The lowest BCUT2D eigenvalue weighted by molar-refractivity contribution is 0.107. The quantitative estimate of drug-likeness (QED) is 0.300. The summed E-state index contributed by atoms with van der Waals surface area (Å²) >= 11 is 0. The van der Waals surface area contributed by atoms with Crippen LogP contribution >= 0.6 is 0 Å². The van der Waals surface area contributed by atoms with Crippen LogP contribution in [0.15, 0.2) is 46.9 Å². The fourth-order valence-corrected chi connectivity index (χ4v) is 7.61. The number of hydrogen-bond acceptors (Lipinski definition) is 9. The van der Waals surface area contributed by atoms with Gasteiger partial charge in [-0.15, -0.1) is 6.42 Å². The van der Waals surface area contributed by atoms with Crippen LogP contribution in [0.5, 0.6) is 11.8 Å². The minimum Gasteiger partial charge on any atom is -0.508 e. The van der Waals surface area contributed by atoms with Crippen molar-refractivity contribution in [1.82, 2.24) is 35.3 Å². The standard InChI is InChI=1S/C33H32FN7O3/c1-2-19-5-3-6-20-9-24(42)11-27(28(19)20)41-31(43)30-26(16-37-41)29(25-10-23-15-35-13-21(25)14-36-23)38-32(39-30)44-18-33-7-4-8-40(33)17-22(34)12-33/h1,3,5-6,9,11,16,22-23,35-36,42H,4,7-8,10,12-15,17-18H2/t22-,23?,33+/m1/s1. The molecule has 3 fully saturated rings. The average Bonchev–Trinajstić information content (AvgIpc) is 3.35. The average molecular weight is 594 g/mol. The van der Waals surface area contributed by atoms with E-state index in [-0.39, 0.29) is 35.5 Å². The normalized spacial score (nSPS) is 25.0. The summed E-state index contributed by atoms with van der Waals surface area (Å²) in [5.41, 5.74) is 3.06. The maximum absolute atomic E-state index is 14.5. The van der Waals surface area contributed by atoms with Gasteiger partial charge in [0, 0.05) is 55.7 Å². The Bertz CT molecular complexity index is 1960. The lowest BCUT2D eigenvalue weighted by atomic mass is 9.93. The van der Waals surface area contributed by atoms with E-state index in [1.807, 2.05) is 6.07 Å². The molecule has 2 aromatic heterocycles. The number of hydrogen-bond donors (Lipinski definition) is 3. The first-order chi connectivity index (χ1) is 21.4. The first-order valence-corrected chi connectivity index (χ1v) is 15.1. The summed E-state index contributed by atoms with van der Waals surface area (Å²) in [5, 5.41) is 24.0. The van der Waals surface area contributed by atoms with E-state index in [1.54, 1.807) is 24.4 Å². The summed E-state index contributed by atoms with van der Waals surface area (Å²) in [6.45, 7) is 3.77. The number of nitrogens with zero attached hydrogens (tertiary/aromatic N) is 5. The summed E-state index contributed by atoms with van der Waals surface area (Å²) in [6.07, 6.45) is 9.54. The van der Waals surface area contributed by atoms with E-state index in [4.69, 9.17) is 16.1 Å². The third-order valence-corrected chi connectivity index (χ3v) is 9.67. The molecule has 0 amide bonds. The molecule has 1 unspecified atom stereocenters. The Labute approximate surface area is 252 Å². The molecule has 3 saturated heterocycles. The van der Waals surface area contributed by atoms with Gasteiger partial charge in [0.15, 0.2) is 0 Å². The summed E-state index contributed by atoms with van der Waals surface area (Å²) in [4.78, 5) is 26.0.